The van der Waals surface area contributed by atoms with Crippen LogP contribution in [-0.2, 0) is 24.8 Å². The first-order chi connectivity index (χ1) is 14.5. The predicted octanol–water partition coefficient (Wildman–Crippen LogP) is 0.932. The molecule has 2 N–H and O–H groups in total. The SMILES string of the molecule is CCC(=O)Nc1nnc(S(=O)(=O)Nc2ccc(C)c(S(=O)(=O)N3CCN(C)CC3)c2)s1. The standard InChI is InChI=1S/C17H24N6O5S3/c1-4-15(24)18-16-19-20-17(29-16)30(25,26)21-13-6-5-12(2)14(11-13)31(27,28)23-9-7-22(3)8-10-23/h5-6,11,21H,4,7-10H2,1-3H3,(H,18,19,24). The molecule has 11 nitrogen and oxygen atoms in total. The van der Waals surface area contributed by atoms with Crippen LogP contribution in [0, 0.1) is 6.92 Å². The summed E-state index contributed by atoms with van der Waals surface area (Å²) >= 11 is 0.703. The first kappa shape index (κ1) is 23.5. The number of nitrogens with zero attached hydrogens (tertiary/aromatic N) is 4. The molecule has 0 atom stereocenters. The quantitative estimate of drug-likeness (QED) is 0.548. The van der Waals surface area contributed by atoms with Crippen molar-refractivity contribution in [2.45, 2.75) is 29.5 Å². The smallest absolute Gasteiger partial charge is 0.291 e. The minimum atomic E-state index is -4.11. The fraction of sp³-hybridized carbons (Fsp3) is 0.471. The molecule has 1 aliphatic rings. The Bertz CT molecular complexity index is 1170. The molecule has 1 aromatic carbocycles. The molecule has 1 saturated heterocycles. The van der Waals surface area contributed by atoms with Crippen molar-refractivity contribution in [1.29, 1.82) is 0 Å². The topological polar surface area (TPSA) is 142 Å². The Morgan fingerprint density at radius 2 is 1.81 bits per heavy atom. The number of rotatable bonds is 7. The zero-order chi connectivity index (χ0) is 22.8. The molecule has 0 spiro atoms. The number of amides is 1. The van der Waals surface area contributed by atoms with Gasteiger partial charge < -0.3 is 10.2 Å². The summed E-state index contributed by atoms with van der Waals surface area (Å²) in [6, 6.07) is 4.34. The second kappa shape index (κ2) is 9.16. The van der Waals surface area contributed by atoms with Gasteiger partial charge in [0.1, 0.15) is 0 Å². The van der Waals surface area contributed by atoms with E-state index in [1.807, 2.05) is 11.9 Å². The van der Waals surface area contributed by atoms with Crippen LogP contribution in [0.15, 0.2) is 27.4 Å². The van der Waals surface area contributed by atoms with Gasteiger partial charge in [0, 0.05) is 32.6 Å². The number of piperazine rings is 1. The maximum atomic E-state index is 13.1. The minimum Gasteiger partial charge on any atom is -0.304 e. The van der Waals surface area contributed by atoms with Crippen molar-refractivity contribution in [3.8, 4) is 0 Å². The van der Waals surface area contributed by atoms with E-state index >= 15 is 0 Å². The van der Waals surface area contributed by atoms with Crippen LogP contribution in [0.2, 0.25) is 0 Å². The zero-order valence-corrected chi connectivity index (χ0v) is 19.8. The van der Waals surface area contributed by atoms with Crippen LogP contribution >= 0.6 is 11.3 Å². The predicted molar refractivity (Wildman–Crippen MR) is 117 cm³/mol. The lowest BCUT2D eigenvalue weighted by molar-refractivity contribution is -0.115. The van der Waals surface area contributed by atoms with Crippen LogP contribution in [0.4, 0.5) is 10.8 Å². The van der Waals surface area contributed by atoms with Gasteiger partial charge in [-0.15, -0.1) is 10.2 Å². The van der Waals surface area contributed by atoms with Gasteiger partial charge in [0.2, 0.25) is 21.1 Å². The Morgan fingerprint density at radius 1 is 1.13 bits per heavy atom. The Hall–Kier alpha value is -2.13. The molecule has 0 aliphatic carbocycles. The molecule has 0 bridgehead atoms. The van der Waals surface area contributed by atoms with Crippen molar-refractivity contribution < 1.29 is 21.6 Å². The van der Waals surface area contributed by atoms with Crippen LogP contribution in [-0.4, -0.2) is 75.4 Å². The van der Waals surface area contributed by atoms with E-state index in [1.54, 1.807) is 19.9 Å². The Labute approximate surface area is 185 Å². The molecule has 1 aliphatic heterocycles. The number of hydrogen-bond acceptors (Lipinski definition) is 9. The number of carbonyl (C=O) groups is 1. The van der Waals surface area contributed by atoms with Gasteiger partial charge in [0.15, 0.2) is 0 Å². The molecule has 0 radical (unpaired) electrons. The Kier molecular flexibility index (Phi) is 6.95. The van der Waals surface area contributed by atoms with Crippen molar-refractivity contribution in [2.75, 3.05) is 43.3 Å². The first-order valence-electron chi connectivity index (χ1n) is 9.48. The fourth-order valence-electron chi connectivity index (χ4n) is 2.88. The third kappa shape index (κ3) is 5.38. The Morgan fingerprint density at radius 3 is 2.45 bits per heavy atom. The van der Waals surface area contributed by atoms with E-state index in [9.17, 15) is 21.6 Å². The molecule has 1 amide bonds. The van der Waals surface area contributed by atoms with Crippen molar-refractivity contribution in [1.82, 2.24) is 19.4 Å². The third-order valence-electron chi connectivity index (χ3n) is 4.72. The number of sulfonamides is 2. The second-order valence-electron chi connectivity index (χ2n) is 7.07. The van der Waals surface area contributed by atoms with E-state index in [4.69, 9.17) is 0 Å². The van der Waals surface area contributed by atoms with Crippen molar-refractivity contribution in [3.05, 3.63) is 23.8 Å². The van der Waals surface area contributed by atoms with Crippen LogP contribution in [0.25, 0.3) is 0 Å². The molecule has 1 aromatic heterocycles. The van der Waals surface area contributed by atoms with Crippen LogP contribution in [0.5, 0.6) is 0 Å². The summed E-state index contributed by atoms with van der Waals surface area (Å²) in [6.45, 7) is 5.29. The van der Waals surface area contributed by atoms with Gasteiger partial charge in [0.25, 0.3) is 14.4 Å². The van der Waals surface area contributed by atoms with E-state index in [2.05, 4.69) is 20.2 Å². The van der Waals surface area contributed by atoms with Crippen LogP contribution < -0.4 is 10.0 Å². The number of aryl methyl sites for hydroxylation is 1. The monoisotopic (exact) mass is 488 g/mol. The van der Waals surface area contributed by atoms with Gasteiger partial charge in [-0.05, 0) is 31.7 Å². The zero-order valence-electron chi connectivity index (χ0n) is 17.3. The molecule has 3 rings (SSSR count). The first-order valence-corrected chi connectivity index (χ1v) is 13.2. The summed E-state index contributed by atoms with van der Waals surface area (Å²) in [5, 5.41) is 9.79. The largest absolute Gasteiger partial charge is 0.304 e. The summed E-state index contributed by atoms with van der Waals surface area (Å²) in [5.41, 5.74) is 0.606. The van der Waals surface area contributed by atoms with Crippen molar-refractivity contribution in [2.24, 2.45) is 0 Å². The lowest BCUT2D eigenvalue weighted by Crippen LogP contribution is -2.47. The summed E-state index contributed by atoms with van der Waals surface area (Å²) in [7, 11) is -5.96. The van der Waals surface area contributed by atoms with Gasteiger partial charge in [-0.25, -0.2) is 8.42 Å². The number of hydrogen-bond donors (Lipinski definition) is 2. The fourth-order valence-corrected chi connectivity index (χ4v) is 6.52. The molecule has 2 aromatic rings. The second-order valence-corrected chi connectivity index (χ2v) is 11.8. The van der Waals surface area contributed by atoms with Crippen molar-refractivity contribution in [3.63, 3.8) is 0 Å². The highest BCUT2D eigenvalue weighted by Gasteiger charge is 2.29. The molecule has 170 valence electrons. The molecule has 0 saturated carbocycles. The molecule has 14 heteroatoms. The maximum absolute atomic E-state index is 13.1. The summed E-state index contributed by atoms with van der Waals surface area (Å²) in [5.74, 6) is -0.314. The van der Waals surface area contributed by atoms with E-state index in [1.165, 1.54) is 16.4 Å². The summed E-state index contributed by atoms with van der Waals surface area (Å²) in [4.78, 5) is 13.5. The van der Waals surface area contributed by atoms with E-state index in [0.717, 1.165) is 0 Å². The molecule has 1 fully saturated rings. The normalized spacial score (nSPS) is 16.2. The average Bonchev–Trinajstić information content (AvgIpc) is 3.19. The summed E-state index contributed by atoms with van der Waals surface area (Å²) in [6.07, 6.45) is 0.216. The highest BCUT2D eigenvalue weighted by atomic mass is 32.2. The number of anilines is 2. The minimum absolute atomic E-state index is 0.0467. The van der Waals surface area contributed by atoms with Gasteiger partial charge >= 0.3 is 0 Å². The number of carbonyl (C=O) groups excluding carboxylic acids is 1. The molecular formula is C17H24N6O5S3. The highest BCUT2D eigenvalue weighted by molar-refractivity contribution is 7.94. The van der Waals surface area contributed by atoms with E-state index < -0.39 is 20.0 Å². The van der Waals surface area contributed by atoms with Gasteiger partial charge in [0.05, 0.1) is 10.6 Å². The average molecular weight is 489 g/mol. The molecule has 0 unspecified atom stereocenters. The highest BCUT2D eigenvalue weighted by Crippen LogP contribution is 2.27. The Balaban J connectivity index is 1.84. The van der Waals surface area contributed by atoms with Gasteiger partial charge in [-0.1, -0.05) is 24.3 Å². The summed E-state index contributed by atoms with van der Waals surface area (Å²) < 4.78 is 55.0. The van der Waals surface area contributed by atoms with E-state index in [0.29, 0.717) is 43.1 Å². The lowest BCUT2D eigenvalue weighted by atomic mass is 10.2. The van der Waals surface area contributed by atoms with Crippen LogP contribution in [0.1, 0.15) is 18.9 Å². The maximum Gasteiger partial charge on any atom is 0.291 e. The molecule has 2 heterocycles. The van der Waals surface area contributed by atoms with Crippen molar-refractivity contribution >= 4 is 48.1 Å². The number of benzene rings is 1. The van der Waals surface area contributed by atoms with Gasteiger partial charge in [-0.3, -0.25) is 9.52 Å². The number of nitrogens with one attached hydrogen (secondary N) is 2. The number of aromatic nitrogens is 2. The number of likely N-dealkylation sites (N-methyl/N-ethyl adjacent to an activating group) is 1. The lowest BCUT2D eigenvalue weighted by Gasteiger charge is -2.32. The third-order valence-corrected chi connectivity index (χ3v) is 9.35. The molecule has 31 heavy (non-hydrogen) atoms. The van der Waals surface area contributed by atoms with Crippen LogP contribution in [0.3, 0.4) is 0 Å². The van der Waals surface area contributed by atoms with E-state index in [-0.39, 0.29) is 32.4 Å². The molecular weight excluding hydrogens is 464 g/mol. The van der Waals surface area contributed by atoms with Gasteiger partial charge in [-0.2, -0.15) is 12.7 Å².